The van der Waals surface area contributed by atoms with E-state index in [0.717, 1.165) is 56.9 Å². The maximum absolute atomic E-state index is 12.3. The first kappa shape index (κ1) is 12.5. The van der Waals surface area contributed by atoms with Gasteiger partial charge in [0.25, 0.3) is 0 Å². The molecule has 0 N–H and O–H groups in total. The standard InChI is InChI=1S/C15H26N2O/c1-2-16-5-7-17(8-6-16)15(18)11-14-10-12-3-4-13(14)9-12/h12-14H,2-11H2,1H3/t12-,13-,14+/m0/s1. The fourth-order valence-electron chi connectivity index (χ4n) is 4.29. The van der Waals surface area contributed by atoms with E-state index in [-0.39, 0.29) is 0 Å². The number of fused-ring (bicyclic) bond motifs is 2. The molecule has 0 spiro atoms. The molecule has 1 aliphatic heterocycles. The molecule has 0 aromatic carbocycles. The summed E-state index contributed by atoms with van der Waals surface area (Å²) in [6, 6.07) is 0. The van der Waals surface area contributed by atoms with Gasteiger partial charge in [-0.1, -0.05) is 13.3 Å². The SMILES string of the molecule is CCN1CCN(C(=O)C[C@H]2C[C@H]3CC[C@H]2C3)CC1. The van der Waals surface area contributed by atoms with Gasteiger partial charge in [-0.15, -0.1) is 0 Å². The average molecular weight is 250 g/mol. The number of hydrogen-bond acceptors (Lipinski definition) is 2. The summed E-state index contributed by atoms with van der Waals surface area (Å²) >= 11 is 0. The van der Waals surface area contributed by atoms with Crippen LogP contribution in [0.2, 0.25) is 0 Å². The van der Waals surface area contributed by atoms with Crippen molar-refractivity contribution in [3.8, 4) is 0 Å². The Morgan fingerprint density at radius 3 is 2.44 bits per heavy atom. The third kappa shape index (κ3) is 2.42. The number of hydrogen-bond donors (Lipinski definition) is 0. The van der Waals surface area contributed by atoms with E-state index in [1.807, 2.05) is 0 Å². The van der Waals surface area contributed by atoms with Gasteiger partial charge in [0.05, 0.1) is 0 Å². The van der Waals surface area contributed by atoms with E-state index in [0.29, 0.717) is 5.91 Å². The predicted molar refractivity (Wildman–Crippen MR) is 72.2 cm³/mol. The van der Waals surface area contributed by atoms with Gasteiger partial charge < -0.3 is 9.80 Å². The minimum atomic E-state index is 0.434. The molecular formula is C15H26N2O. The molecule has 0 unspecified atom stereocenters. The minimum Gasteiger partial charge on any atom is -0.340 e. The quantitative estimate of drug-likeness (QED) is 0.764. The van der Waals surface area contributed by atoms with Crippen molar-refractivity contribution in [2.45, 2.75) is 39.0 Å². The molecule has 3 nitrogen and oxygen atoms in total. The Hall–Kier alpha value is -0.570. The van der Waals surface area contributed by atoms with Gasteiger partial charge >= 0.3 is 0 Å². The lowest BCUT2D eigenvalue weighted by Gasteiger charge is -2.35. The Bertz CT molecular complexity index is 310. The van der Waals surface area contributed by atoms with E-state index in [1.165, 1.54) is 25.7 Å². The number of likely N-dealkylation sites (N-methyl/N-ethyl adjacent to an activating group) is 1. The van der Waals surface area contributed by atoms with E-state index in [2.05, 4.69) is 16.7 Å². The summed E-state index contributed by atoms with van der Waals surface area (Å²) in [5.74, 6) is 3.00. The average Bonchev–Trinajstić information content (AvgIpc) is 3.01. The Morgan fingerprint density at radius 2 is 1.89 bits per heavy atom. The Balaban J connectivity index is 1.47. The van der Waals surface area contributed by atoms with Crippen LogP contribution in [-0.2, 0) is 4.79 Å². The molecule has 1 heterocycles. The lowest BCUT2D eigenvalue weighted by atomic mass is 9.86. The van der Waals surface area contributed by atoms with E-state index in [4.69, 9.17) is 0 Å². The fraction of sp³-hybridized carbons (Fsp3) is 0.933. The second-order valence-electron chi connectivity index (χ2n) is 6.45. The zero-order valence-corrected chi connectivity index (χ0v) is 11.6. The van der Waals surface area contributed by atoms with Gasteiger partial charge in [-0.05, 0) is 43.6 Å². The topological polar surface area (TPSA) is 23.6 Å². The minimum absolute atomic E-state index is 0.434. The maximum Gasteiger partial charge on any atom is 0.222 e. The molecule has 0 aromatic heterocycles. The van der Waals surface area contributed by atoms with Crippen molar-refractivity contribution in [1.82, 2.24) is 9.80 Å². The van der Waals surface area contributed by atoms with Crippen LogP contribution in [0.1, 0.15) is 39.0 Å². The molecular weight excluding hydrogens is 224 g/mol. The van der Waals surface area contributed by atoms with Crippen LogP contribution in [0.25, 0.3) is 0 Å². The third-order valence-corrected chi connectivity index (χ3v) is 5.49. The highest BCUT2D eigenvalue weighted by Crippen LogP contribution is 2.49. The lowest BCUT2D eigenvalue weighted by Crippen LogP contribution is -2.48. The summed E-state index contributed by atoms with van der Waals surface area (Å²) in [5, 5.41) is 0. The number of piperazine rings is 1. The first-order valence-electron chi connectivity index (χ1n) is 7.76. The molecule has 1 amide bonds. The highest BCUT2D eigenvalue weighted by atomic mass is 16.2. The molecule has 102 valence electrons. The number of carbonyl (C=O) groups is 1. The molecule has 0 radical (unpaired) electrons. The van der Waals surface area contributed by atoms with Crippen LogP contribution >= 0.6 is 0 Å². The second kappa shape index (κ2) is 5.20. The zero-order valence-electron chi connectivity index (χ0n) is 11.6. The molecule has 3 rings (SSSR count). The van der Waals surface area contributed by atoms with Crippen LogP contribution in [0.5, 0.6) is 0 Å². The predicted octanol–water partition coefficient (Wildman–Crippen LogP) is 1.98. The summed E-state index contributed by atoms with van der Waals surface area (Å²) in [6.45, 7) is 7.36. The van der Waals surface area contributed by atoms with E-state index in [1.54, 1.807) is 0 Å². The number of rotatable bonds is 3. The van der Waals surface area contributed by atoms with Crippen LogP contribution in [0, 0.1) is 17.8 Å². The fourth-order valence-corrected chi connectivity index (χ4v) is 4.29. The van der Waals surface area contributed by atoms with E-state index >= 15 is 0 Å². The Morgan fingerprint density at radius 1 is 1.11 bits per heavy atom. The molecule has 2 saturated carbocycles. The molecule has 3 aliphatic rings. The third-order valence-electron chi connectivity index (χ3n) is 5.49. The first-order valence-corrected chi connectivity index (χ1v) is 7.76. The highest BCUT2D eigenvalue weighted by molar-refractivity contribution is 5.76. The van der Waals surface area contributed by atoms with Crippen molar-refractivity contribution in [2.75, 3.05) is 32.7 Å². The Kier molecular flexibility index (Phi) is 3.60. The molecule has 0 aromatic rings. The van der Waals surface area contributed by atoms with Gasteiger partial charge in [0, 0.05) is 32.6 Å². The molecule has 2 bridgehead atoms. The van der Waals surface area contributed by atoms with Crippen molar-refractivity contribution < 1.29 is 4.79 Å². The van der Waals surface area contributed by atoms with Gasteiger partial charge in [0.2, 0.25) is 5.91 Å². The zero-order chi connectivity index (χ0) is 12.5. The highest BCUT2D eigenvalue weighted by Gasteiger charge is 2.40. The summed E-state index contributed by atoms with van der Waals surface area (Å²) < 4.78 is 0. The van der Waals surface area contributed by atoms with E-state index < -0.39 is 0 Å². The molecule has 3 fully saturated rings. The molecule has 2 aliphatic carbocycles. The first-order chi connectivity index (χ1) is 8.76. The summed E-state index contributed by atoms with van der Waals surface area (Å²) in [5.41, 5.74) is 0. The normalized spacial score (nSPS) is 36.3. The van der Waals surface area contributed by atoms with Gasteiger partial charge in [0.15, 0.2) is 0 Å². The lowest BCUT2D eigenvalue weighted by molar-refractivity contribution is -0.134. The van der Waals surface area contributed by atoms with Crippen molar-refractivity contribution in [3.05, 3.63) is 0 Å². The monoisotopic (exact) mass is 250 g/mol. The summed E-state index contributed by atoms with van der Waals surface area (Å²) in [6.07, 6.45) is 6.43. The van der Waals surface area contributed by atoms with Crippen molar-refractivity contribution in [3.63, 3.8) is 0 Å². The van der Waals surface area contributed by atoms with Crippen molar-refractivity contribution in [2.24, 2.45) is 17.8 Å². The summed E-state index contributed by atoms with van der Waals surface area (Å²) in [4.78, 5) is 16.9. The van der Waals surface area contributed by atoms with Gasteiger partial charge in [-0.2, -0.15) is 0 Å². The van der Waals surface area contributed by atoms with Crippen LogP contribution < -0.4 is 0 Å². The number of carbonyl (C=O) groups excluding carboxylic acids is 1. The maximum atomic E-state index is 12.3. The van der Waals surface area contributed by atoms with Gasteiger partial charge in [-0.25, -0.2) is 0 Å². The number of amides is 1. The van der Waals surface area contributed by atoms with Crippen LogP contribution in [-0.4, -0.2) is 48.4 Å². The smallest absolute Gasteiger partial charge is 0.222 e. The Labute approximate surface area is 111 Å². The molecule has 3 atom stereocenters. The van der Waals surface area contributed by atoms with Crippen molar-refractivity contribution >= 4 is 5.91 Å². The number of nitrogens with zero attached hydrogens (tertiary/aromatic N) is 2. The van der Waals surface area contributed by atoms with Crippen LogP contribution in [0.15, 0.2) is 0 Å². The second-order valence-corrected chi connectivity index (χ2v) is 6.45. The van der Waals surface area contributed by atoms with Crippen molar-refractivity contribution in [1.29, 1.82) is 0 Å². The van der Waals surface area contributed by atoms with Crippen LogP contribution in [0.4, 0.5) is 0 Å². The molecule has 18 heavy (non-hydrogen) atoms. The molecule has 1 saturated heterocycles. The van der Waals surface area contributed by atoms with Gasteiger partial charge in [-0.3, -0.25) is 4.79 Å². The summed E-state index contributed by atoms with van der Waals surface area (Å²) in [7, 11) is 0. The van der Waals surface area contributed by atoms with Gasteiger partial charge in [0.1, 0.15) is 0 Å². The largest absolute Gasteiger partial charge is 0.340 e. The van der Waals surface area contributed by atoms with E-state index in [9.17, 15) is 4.79 Å². The molecule has 3 heteroatoms. The van der Waals surface area contributed by atoms with Crippen LogP contribution in [0.3, 0.4) is 0 Å².